The summed E-state index contributed by atoms with van der Waals surface area (Å²) in [6.07, 6.45) is 7.76. The second-order valence-electron chi connectivity index (χ2n) is 4.99. The fourth-order valence-electron chi connectivity index (χ4n) is 1.33. The molecule has 2 heteroatoms. The van der Waals surface area contributed by atoms with E-state index in [1.54, 1.807) is 6.92 Å². The van der Waals surface area contributed by atoms with Crippen LogP contribution in [-0.4, -0.2) is 11.7 Å². The van der Waals surface area contributed by atoms with Crippen molar-refractivity contribution in [3.05, 3.63) is 23.8 Å². The Balaban J connectivity index is 2.99. The first-order valence-electron chi connectivity index (χ1n) is 4.74. The van der Waals surface area contributed by atoms with Crippen LogP contribution in [0.25, 0.3) is 0 Å². The third-order valence-corrected chi connectivity index (χ3v) is 3.17. The summed E-state index contributed by atoms with van der Waals surface area (Å²) in [6.45, 7) is 8.17. The fraction of sp³-hybridized carbons (Fsp3) is 0.583. The standard InChI is InChI=1S/C12H16ClO/c1-11(2,3)9-5-6-12(4,8-14)10(13)7-9/h5-7,10H,1-4H3. The molecule has 0 saturated heterocycles. The topological polar surface area (TPSA) is 17.1 Å². The van der Waals surface area contributed by atoms with Gasteiger partial charge >= 0.3 is 0 Å². The van der Waals surface area contributed by atoms with Crippen molar-refractivity contribution >= 4 is 17.9 Å². The molecule has 1 aliphatic rings. The number of hydrogen-bond donors (Lipinski definition) is 0. The van der Waals surface area contributed by atoms with Gasteiger partial charge in [0.05, 0.1) is 10.8 Å². The van der Waals surface area contributed by atoms with E-state index in [1.165, 1.54) is 5.57 Å². The highest BCUT2D eigenvalue weighted by Crippen LogP contribution is 2.37. The Hall–Kier alpha value is -0.560. The van der Waals surface area contributed by atoms with Gasteiger partial charge < -0.3 is 0 Å². The molecule has 0 aromatic carbocycles. The lowest BCUT2D eigenvalue weighted by atomic mass is 9.76. The number of carbonyl (C=O) groups excluding carboxylic acids is 1. The molecule has 14 heavy (non-hydrogen) atoms. The van der Waals surface area contributed by atoms with Crippen LogP contribution in [0.15, 0.2) is 23.8 Å². The molecule has 0 saturated carbocycles. The van der Waals surface area contributed by atoms with Crippen LogP contribution in [0.3, 0.4) is 0 Å². The SMILES string of the molecule is CC(C)(C)C1=CC(Cl)C(C)([C]=O)C=C1. The summed E-state index contributed by atoms with van der Waals surface area (Å²) in [5.41, 5.74) is 0.578. The zero-order chi connectivity index (χ0) is 11.0. The third kappa shape index (κ3) is 2.09. The molecule has 1 radical (unpaired) electrons. The minimum atomic E-state index is -0.670. The van der Waals surface area contributed by atoms with Crippen LogP contribution in [0.4, 0.5) is 0 Å². The van der Waals surface area contributed by atoms with E-state index in [0.29, 0.717) is 0 Å². The predicted octanol–water partition coefficient (Wildman–Crippen LogP) is 3.25. The van der Waals surface area contributed by atoms with Gasteiger partial charge in [0.25, 0.3) is 0 Å². The van der Waals surface area contributed by atoms with Gasteiger partial charge in [-0.15, -0.1) is 11.6 Å². The van der Waals surface area contributed by atoms with Crippen molar-refractivity contribution in [2.75, 3.05) is 0 Å². The maximum atomic E-state index is 10.8. The van der Waals surface area contributed by atoms with E-state index in [0.717, 1.165) is 0 Å². The molecular weight excluding hydrogens is 196 g/mol. The zero-order valence-corrected chi connectivity index (χ0v) is 9.85. The second kappa shape index (κ2) is 3.54. The van der Waals surface area contributed by atoms with Crippen molar-refractivity contribution in [1.29, 1.82) is 0 Å². The summed E-state index contributed by atoms with van der Waals surface area (Å²) in [4.78, 5) is 10.8. The Labute approximate surface area is 90.8 Å². The van der Waals surface area contributed by atoms with Crippen LogP contribution in [0, 0.1) is 10.8 Å². The summed E-state index contributed by atoms with van der Waals surface area (Å²) >= 11 is 6.13. The molecular formula is C12H16ClO. The minimum absolute atomic E-state index is 0.0772. The Bertz CT molecular complexity index is 296. The number of alkyl halides is 1. The van der Waals surface area contributed by atoms with Gasteiger partial charge in [0.1, 0.15) is 0 Å². The van der Waals surface area contributed by atoms with Gasteiger partial charge in [0, 0.05) is 0 Å². The van der Waals surface area contributed by atoms with Gasteiger partial charge in [0.2, 0.25) is 6.29 Å². The molecule has 0 heterocycles. The molecule has 0 N–H and O–H groups in total. The van der Waals surface area contributed by atoms with Crippen LogP contribution < -0.4 is 0 Å². The molecule has 0 aromatic rings. The quantitative estimate of drug-likeness (QED) is 0.609. The molecule has 0 spiro atoms. The van der Waals surface area contributed by atoms with E-state index in [-0.39, 0.29) is 10.8 Å². The van der Waals surface area contributed by atoms with Crippen molar-refractivity contribution in [2.24, 2.45) is 10.8 Å². The maximum absolute atomic E-state index is 10.8. The monoisotopic (exact) mass is 211 g/mol. The van der Waals surface area contributed by atoms with E-state index in [4.69, 9.17) is 11.6 Å². The highest BCUT2D eigenvalue weighted by Gasteiger charge is 2.34. The van der Waals surface area contributed by atoms with Gasteiger partial charge in [0.15, 0.2) is 0 Å². The van der Waals surface area contributed by atoms with Gasteiger partial charge in [-0.2, -0.15) is 0 Å². The number of allylic oxidation sites excluding steroid dienone is 4. The van der Waals surface area contributed by atoms with Crippen molar-refractivity contribution in [2.45, 2.75) is 33.1 Å². The first kappa shape index (κ1) is 11.5. The average Bonchev–Trinajstić information content (AvgIpc) is 2.08. The normalized spacial score (nSPS) is 32.6. The molecule has 2 unspecified atom stereocenters. The first-order chi connectivity index (χ1) is 6.29. The summed E-state index contributed by atoms with van der Waals surface area (Å²) in [6, 6.07) is 0. The van der Waals surface area contributed by atoms with Crippen molar-refractivity contribution < 1.29 is 4.79 Å². The van der Waals surface area contributed by atoms with E-state index in [2.05, 4.69) is 20.8 Å². The zero-order valence-electron chi connectivity index (χ0n) is 9.10. The summed E-state index contributed by atoms with van der Waals surface area (Å²) in [7, 11) is 0. The van der Waals surface area contributed by atoms with Crippen LogP contribution in [0.1, 0.15) is 27.7 Å². The van der Waals surface area contributed by atoms with Gasteiger partial charge in [-0.3, -0.25) is 4.79 Å². The third-order valence-electron chi connectivity index (χ3n) is 2.59. The van der Waals surface area contributed by atoms with Crippen molar-refractivity contribution in [3.8, 4) is 0 Å². The molecule has 0 aromatic heterocycles. The predicted molar refractivity (Wildman–Crippen MR) is 60.1 cm³/mol. The molecule has 0 bridgehead atoms. The summed E-state index contributed by atoms with van der Waals surface area (Å²) < 4.78 is 0. The lowest BCUT2D eigenvalue weighted by Gasteiger charge is -2.30. The van der Waals surface area contributed by atoms with Crippen LogP contribution in [0.2, 0.25) is 0 Å². The lowest BCUT2D eigenvalue weighted by Crippen LogP contribution is -2.30. The van der Waals surface area contributed by atoms with Crippen LogP contribution in [0.5, 0.6) is 0 Å². The smallest absolute Gasteiger partial charge is 0.210 e. The van der Waals surface area contributed by atoms with Crippen molar-refractivity contribution in [3.63, 3.8) is 0 Å². The minimum Gasteiger partial charge on any atom is -0.290 e. The van der Waals surface area contributed by atoms with Gasteiger partial charge in [-0.05, 0) is 17.9 Å². The molecule has 1 aliphatic carbocycles. The molecule has 2 atom stereocenters. The fourth-order valence-corrected chi connectivity index (χ4v) is 1.58. The van der Waals surface area contributed by atoms with E-state index >= 15 is 0 Å². The highest BCUT2D eigenvalue weighted by atomic mass is 35.5. The average molecular weight is 212 g/mol. The second-order valence-corrected chi connectivity index (χ2v) is 5.46. The Kier molecular flexibility index (Phi) is 2.91. The molecule has 0 fully saturated rings. The Morgan fingerprint density at radius 3 is 2.43 bits per heavy atom. The highest BCUT2D eigenvalue weighted by molar-refractivity contribution is 6.23. The summed E-state index contributed by atoms with van der Waals surface area (Å²) in [5, 5.41) is -0.292. The first-order valence-corrected chi connectivity index (χ1v) is 5.18. The molecule has 77 valence electrons. The lowest BCUT2D eigenvalue weighted by molar-refractivity contribution is 0.471. The largest absolute Gasteiger partial charge is 0.290 e. The maximum Gasteiger partial charge on any atom is 0.210 e. The van der Waals surface area contributed by atoms with E-state index in [9.17, 15) is 4.79 Å². The van der Waals surface area contributed by atoms with Gasteiger partial charge in [-0.25, -0.2) is 0 Å². The number of halogens is 1. The number of rotatable bonds is 1. The van der Waals surface area contributed by atoms with E-state index < -0.39 is 5.41 Å². The van der Waals surface area contributed by atoms with Crippen molar-refractivity contribution in [1.82, 2.24) is 0 Å². The molecule has 1 nitrogen and oxygen atoms in total. The summed E-state index contributed by atoms with van der Waals surface area (Å²) in [5.74, 6) is 0. The van der Waals surface area contributed by atoms with E-state index in [1.807, 2.05) is 24.5 Å². The van der Waals surface area contributed by atoms with Crippen LogP contribution in [-0.2, 0) is 4.79 Å². The van der Waals surface area contributed by atoms with Crippen LogP contribution >= 0.6 is 11.6 Å². The van der Waals surface area contributed by atoms with Gasteiger partial charge in [-0.1, -0.05) is 39.0 Å². The molecule has 0 aliphatic heterocycles. The Morgan fingerprint density at radius 2 is 2.07 bits per heavy atom. The number of hydrogen-bond acceptors (Lipinski definition) is 1. The molecule has 0 amide bonds. The Morgan fingerprint density at radius 1 is 1.50 bits per heavy atom. The molecule has 1 rings (SSSR count).